The number of nitrogens with one attached hydrogen (secondary N) is 4. The Kier molecular flexibility index (Phi) is 14.5. The van der Waals surface area contributed by atoms with Crippen LogP contribution in [0.3, 0.4) is 0 Å². The molecule has 0 bridgehead atoms. The van der Waals surface area contributed by atoms with Gasteiger partial charge in [0.25, 0.3) is 0 Å². The Balaban J connectivity index is 0.895. The molecule has 0 radical (unpaired) electrons. The number of imidazole rings is 2. The third kappa shape index (κ3) is 9.88. The van der Waals surface area contributed by atoms with Gasteiger partial charge in [0, 0.05) is 12.1 Å². The summed E-state index contributed by atoms with van der Waals surface area (Å²) >= 11 is 0. The number of amides is 4. The first-order valence-corrected chi connectivity index (χ1v) is 27.2. The molecule has 2 saturated heterocycles. The maximum absolute atomic E-state index is 14.5. The number of H-pyrrole nitrogens is 2. The summed E-state index contributed by atoms with van der Waals surface area (Å²) in [6.45, 7) is 12.3. The summed E-state index contributed by atoms with van der Waals surface area (Å²) in [5, 5.41) is 5.67. The van der Waals surface area contributed by atoms with Gasteiger partial charge in [0.1, 0.15) is 23.7 Å². The summed E-state index contributed by atoms with van der Waals surface area (Å²) in [6.07, 6.45) is 13.1. The highest BCUT2D eigenvalue weighted by atomic mass is 16.5. The van der Waals surface area contributed by atoms with Crippen LogP contribution in [0.2, 0.25) is 0 Å². The van der Waals surface area contributed by atoms with Crippen LogP contribution in [0.5, 0.6) is 0 Å². The van der Waals surface area contributed by atoms with Crippen LogP contribution in [0.15, 0.2) is 72.8 Å². The molecular weight excluding hydrogens is 913 g/mol. The highest BCUT2D eigenvalue weighted by molar-refractivity contribution is 5.88. The van der Waals surface area contributed by atoms with Crippen LogP contribution in [0.25, 0.3) is 44.3 Å². The van der Waals surface area contributed by atoms with Crippen molar-refractivity contribution in [1.82, 2.24) is 40.4 Å². The van der Waals surface area contributed by atoms with Crippen molar-refractivity contribution in [3.05, 3.63) is 107 Å². The smallest absolute Gasteiger partial charge is 0.407 e. The number of ether oxygens (including phenoxy) is 1. The number of methoxy groups -OCH3 is 1. The van der Waals surface area contributed by atoms with Gasteiger partial charge in [0.2, 0.25) is 18.2 Å². The molecule has 73 heavy (non-hydrogen) atoms. The summed E-state index contributed by atoms with van der Waals surface area (Å²) in [7, 11) is 1.33. The van der Waals surface area contributed by atoms with Gasteiger partial charge in [-0.3, -0.25) is 14.4 Å². The quantitative estimate of drug-likeness (QED) is 0.0744. The molecule has 13 nitrogen and oxygen atoms in total. The molecule has 4 heterocycles. The third-order valence-electron chi connectivity index (χ3n) is 17.0. The van der Waals surface area contributed by atoms with E-state index in [1.54, 1.807) is 0 Å². The average molecular weight is 987 g/mol. The molecule has 10 rings (SSSR count). The normalized spacial score (nSPS) is 22.6. The number of nitrogens with zero attached hydrogens (tertiary/aromatic N) is 4. The van der Waals surface area contributed by atoms with Crippen LogP contribution in [-0.2, 0) is 38.4 Å². The Bertz CT molecular complexity index is 3010. The summed E-state index contributed by atoms with van der Waals surface area (Å²) in [6, 6.07) is 25.3. The fraction of sp³-hybridized carbons (Fsp3) is 0.500. The first kappa shape index (κ1) is 50.1. The number of fused-ring (bicyclic) bond motifs is 4. The number of carbonyl (C=O) groups excluding carboxylic acids is 4. The molecule has 4 amide bonds. The largest absolute Gasteiger partial charge is 0.453 e. The lowest BCUT2D eigenvalue weighted by Crippen LogP contribution is -2.53. The molecule has 384 valence electrons. The van der Waals surface area contributed by atoms with E-state index in [1.165, 1.54) is 46.9 Å². The zero-order valence-electron chi connectivity index (χ0n) is 43.8. The Labute approximate surface area is 430 Å². The van der Waals surface area contributed by atoms with Crippen molar-refractivity contribution < 1.29 is 23.9 Å². The van der Waals surface area contributed by atoms with Gasteiger partial charge in [-0.15, -0.1) is 0 Å². The van der Waals surface area contributed by atoms with Gasteiger partial charge < -0.3 is 35.1 Å². The Hall–Kier alpha value is -6.50. The number of hydrogen-bond acceptors (Lipinski definition) is 7. The highest BCUT2D eigenvalue weighted by Gasteiger charge is 2.50. The number of rotatable bonds is 15. The first-order valence-electron chi connectivity index (χ1n) is 27.2. The number of aromatic amines is 2. The predicted octanol–water partition coefficient (Wildman–Crippen LogP) is 11.2. The summed E-state index contributed by atoms with van der Waals surface area (Å²) in [5.41, 5.74) is 13.3. The van der Waals surface area contributed by atoms with Crippen LogP contribution in [0, 0.1) is 30.6 Å². The monoisotopic (exact) mass is 987 g/mol. The van der Waals surface area contributed by atoms with E-state index in [4.69, 9.17) is 14.7 Å². The molecule has 13 heteroatoms. The van der Waals surface area contributed by atoms with E-state index in [0.717, 1.165) is 122 Å². The molecule has 4 aliphatic rings. The zero-order valence-corrected chi connectivity index (χ0v) is 43.8. The van der Waals surface area contributed by atoms with Gasteiger partial charge >= 0.3 is 6.09 Å². The fourth-order valence-corrected chi connectivity index (χ4v) is 13.2. The molecule has 4 N–H and O–H groups in total. The number of hydrogen-bond donors (Lipinski definition) is 4. The van der Waals surface area contributed by atoms with E-state index in [2.05, 4.69) is 112 Å². The molecule has 2 aromatic heterocycles. The second-order valence-electron chi connectivity index (χ2n) is 22.3. The maximum Gasteiger partial charge on any atom is 0.407 e. The van der Waals surface area contributed by atoms with Gasteiger partial charge in [-0.05, 0) is 152 Å². The van der Waals surface area contributed by atoms with Crippen molar-refractivity contribution in [3.8, 4) is 22.3 Å². The summed E-state index contributed by atoms with van der Waals surface area (Å²) in [4.78, 5) is 74.6. The molecule has 2 saturated carbocycles. The van der Waals surface area contributed by atoms with Crippen molar-refractivity contribution in [2.24, 2.45) is 23.7 Å². The lowest BCUT2D eigenvalue weighted by molar-refractivity contribution is -0.140. The van der Waals surface area contributed by atoms with Gasteiger partial charge in [-0.25, -0.2) is 14.8 Å². The first-order chi connectivity index (χ1) is 35.3. The number of aromatic nitrogens is 4. The number of benzene rings is 4. The Morgan fingerprint density at radius 2 is 1.22 bits per heavy atom. The van der Waals surface area contributed by atoms with Gasteiger partial charge in [-0.1, -0.05) is 114 Å². The number of likely N-dealkylation sites (tertiary alicyclic amines) is 2. The van der Waals surface area contributed by atoms with Gasteiger partial charge in [0.15, 0.2) is 0 Å². The van der Waals surface area contributed by atoms with E-state index in [1.807, 2.05) is 32.6 Å². The minimum Gasteiger partial charge on any atom is -0.453 e. The summed E-state index contributed by atoms with van der Waals surface area (Å²) in [5.74, 6) is 2.22. The lowest BCUT2D eigenvalue weighted by Gasteiger charge is -2.36. The van der Waals surface area contributed by atoms with Crippen molar-refractivity contribution in [2.45, 2.75) is 161 Å². The van der Waals surface area contributed by atoms with Crippen molar-refractivity contribution in [2.75, 3.05) is 7.11 Å². The van der Waals surface area contributed by atoms with E-state index in [9.17, 15) is 19.2 Å². The second kappa shape index (κ2) is 21.2. The minimum absolute atomic E-state index is 0.00906. The van der Waals surface area contributed by atoms with Crippen LogP contribution in [-0.4, -0.2) is 85.3 Å². The molecule has 8 unspecified atom stereocenters. The summed E-state index contributed by atoms with van der Waals surface area (Å²) < 4.78 is 4.93. The van der Waals surface area contributed by atoms with Crippen LogP contribution < -0.4 is 10.6 Å². The standard InChI is InChI=1S/C60H74N8O5/c1-8-38-21-18-37(28-45(38)41-24-26-47-49(30-41)65-56(62-47)52-31-42-13-9-11-15-50(42)67(52)58(70)54(34(2)3)61-33-69)19-22-39-20-17-36(6)27-44(39)40-23-25-46-48(29-40)64-57(63-46)53-32-43-14-10-12-16-51(43)68(53)59(71)55(35(4)5)66-60(72)73-7/h17-18,20-21,23-30,33-35,42-43,50-55H,8-16,19,22,31-32H2,1-7H3,(H,61,69)(H,62,65)(H,63,64)(H,66,72). The molecular formula is C60H74N8O5. The SMILES string of the molecule is CCc1ccc(CCc2ccc(C)cc2-c2ccc3nc(C4CC5CCCCC5N4C(=O)C(NC(=O)OC)C(C)C)[nH]c3c2)cc1-c1ccc2nc(C3CC4CCCCC4N3C(=O)C(NC=O)C(C)C)[nH]c2c1. The number of aryl methyl sites for hydroxylation is 4. The molecule has 4 aromatic carbocycles. The van der Waals surface area contributed by atoms with E-state index >= 15 is 0 Å². The number of alkyl carbamates (subject to hydrolysis) is 1. The van der Waals surface area contributed by atoms with E-state index < -0.39 is 18.2 Å². The third-order valence-corrected chi connectivity index (χ3v) is 17.0. The molecule has 4 fully saturated rings. The molecule has 6 aromatic rings. The van der Waals surface area contributed by atoms with E-state index in [0.29, 0.717) is 18.2 Å². The van der Waals surface area contributed by atoms with Crippen molar-refractivity contribution >= 4 is 46.4 Å². The second-order valence-corrected chi connectivity index (χ2v) is 22.3. The van der Waals surface area contributed by atoms with Crippen molar-refractivity contribution in [3.63, 3.8) is 0 Å². The Morgan fingerprint density at radius 1 is 0.685 bits per heavy atom. The van der Waals surface area contributed by atoms with Gasteiger partial charge in [0.05, 0.1) is 41.3 Å². The highest BCUT2D eigenvalue weighted by Crippen LogP contribution is 2.48. The van der Waals surface area contributed by atoms with Gasteiger partial charge in [-0.2, -0.15) is 0 Å². The maximum atomic E-state index is 14.5. The molecule has 2 aliphatic carbocycles. The van der Waals surface area contributed by atoms with E-state index in [-0.39, 0.29) is 47.8 Å². The lowest BCUT2D eigenvalue weighted by atomic mass is 9.84. The number of carbonyl (C=O) groups is 4. The zero-order chi connectivity index (χ0) is 51.1. The van der Waals surface area contributed by atoms with Crippen LogP contribution in [0.4, 0.5) is 4.79 Å². The topological polar surface area (TPSA) is 165 Å². The Morgan fingerprint density at radius 3 is 1.75 bits per heavy atom. The molecule has 2 aliphatic heterocycles. The predicted molar refractivity (Wildman–Crippen MR) is 286 cm³/mol. The molecule has 8 atom stereocenters. The molecule has 0 spiro atoms. The van der Waals surface area contributed by atoms with Crippen LogP contribution >= 0.6 is 0 Å². The fourth-order valence-electron chi connectivity index (χ4n) is 13.2. The van der Waals surface area contributed by atoms with Crippen LogP contribution in [0.1, 0.15) is 145 Å². The average Bonchev–Trinajstić information content (AvgIpc) is 4.20. The minimum atomic E-state index is -0.696. The van der Waals surface area contributed by atoms with Crippen molar-refractivity contribution in [1.29, 1.82) is 0 Å².